The van der Waals surface area contributed by atoms with Gasteiger partial charge in [0.05, 0.1) is 6.54 Å². The van der Waals surface area contributed by atoms with Crippen molar-refractivity contribution in [2.24, 2.45) is 0 Å². The molecule has 0 radical (unpaired) electrons. The van der Waals surface area contributed by atoms with Crippen LogP contribution in [0.25, 0.3) is 0 Å². The van der Waals surface area contributed by atoms with E-state index < -0.39 is 0 Å². The maximum absolute atomic E-state index is 4.63. The molecule has 2 rings (SSSR count). The highest BCUT2D eigenvalue weighted by Gasteiger charge is 2.19. The Morgan fingerprint density at radius 2 is 1.85 bits per heavy atom. The lowest BCUT2D eigenvalue weighted by Gasteiger charge is -2.19. The van der Waals surface area contributed by atoms with E-state index >= 15 is 0 Å². The van der Waals surface area contributed by atoms with Gasteiger partial charge in [-0.05, 0) is 18.4 Å². The van der Waals surface area contributed by atoms with E-state index in [1.807, 2.05) is 6.07 Å². The van der Waals surface area contributed by atoms with Gasteiger partial charge in [-0.3, -0.25) is 0 Å². The minimum atomic E-state index is -0.0647. The minimum absolute atomic E-state index is 0.0647. The Morgan fingerprint density at radius 1 is 1.15 bits per heavy atom. The molecule has 0 bridgehead atoms. The number of thiophene rings is 1. The maximum atomic E-state index is 4.63. The highest BCUT2D eigenvalue weighted by atomic mass is 32.1. The summed E-state index contributed by atoms with van der Waals surface area (Å²) >= 11 is 1.74. The lowest BCUT2D eigenvalue weighted by atomic mass is 9.96. The summed E-state index contributed by atoms with van der Waals surface area (Å²) < 4.78 is 0. The van der Waals surface area contributed by atoms with Gasteiger partial charge in [-0.1, -0.05) is 26.8 Å². The SMILES string of the molecule is CCNc1cc(NCc2cccs2)nc(C(C)(C)C)n1. The molecule has 0 aliphatic rings. The van der Waals surface area contributed by atoms with Gasteiger partial charge in [-0.25, -0.2) is 9.97 Å². The molecule has 0 spiro atoms. The topological polar surface area (TPSA) is 49.8 Å². The van der Waals surface area contributed by atoms with Crippen LogP contribution in [-0.2, 0) is 12.0 Å². The van der Waals surface area contributed by atoms with Gasteiger partial charge in [0.25, 0.3) is 0 Å². The average Bonchev–Trinajstić information content (AvgIpc) is 2.88. The van der Waals surface area contributed by atoms with E-state index in [4.69, 9.17) is 0 Å². The van der Waals surface area contributed by atoms with E-state index in [0.717, 1.165) is 30.5 Å². The first-order valence-corrected chi connectivity index (χ1v) is 7.76. The number of hydrogen-bond donors (Lipinski definition) is 2. The molecule has 0 aliphatic heterocycles. The van der Waals surface area contributed by atoms with Gasteiger partial charge >= 0.3 is 0 Å². The first kappa shape index (κ1) is 14.8. The molecule has 0 atom stereocenters. The van der Waals surface area contributed by atoms with Gasteiger partial charge in [0.1, 0.15) is 17.5 Å². The van der Waals surface area contributed by atoms with Gasteiger partial charge in [0.2, 0.25) is 0 Å². The van der Waals surface area contributed by atoms with E-state index in [-0.39, 0.29) is 5.41 Å². The van der Waals surface area contributed by atoms with Crippen LogP contribution in [0.4, 0.5) is 11.6 Å². The number of aromatic nitrogens is 2. The molecule has 20 heavy (non-hydrogen) atoms. The second-order valence-electron chi connectivity index (χ2n) is 5.68. The first-order valence-electron chi connectivity index (χ1n) is 6.88. The van der Waals surface area contributed by atoms with E-state index in [2.05, 4.69) is 65.8 Å². The Hall–Kier alpha value is -1.62. The molecule has 5 heteroatoms. The van der Waals surface area contributed by atoms with Crippen molar-refractivity contribution in [3.63, 3.8) is 0 Å². The van der Waals surface area contributed by atoms with Crippen molar-refractivity contribution in [3.8, 4) is 0 Å². The van der Waals surface area contributed by atoms with Crippen LogP contribution in [0.5, 0.6) is 0 Å². The van der Waals surface area contributed by atoms with Gasteiger partial charge < -0.3 is 10.6 Å². The maximum Gasteiger partial charge on any atom is 0.138 e. The smallest absolute Gasteiger partial charge is 0.138 e. The standard InChI is InChI=1S/C15H22N4S/c1-5-16-12-9-13(17-10-11-7-6-8-20-11)19-14(18-12)15(2,3)4/h6-9H,5,10H2,1-4H3,(H2,16,17,18,19). The highest BCUT2D eigenvalue weighted by molar-refractivity contribution is 7.09. The summed E-state index contributed by atoms with van der Waals surface area (Å²) in [6, 6.07) is 6.15. The lowest BCUT2D eigenvalue weighted by molar-refractivity contribution is 0.546. The minimum Gasteiger partial charge on any atom is -0.370 e. The van der Waals surface area contributed by atoms with Crippen LogP contribution in [0.1, 0.15) is 38.4 Å². The van der Waals surface area contributed by atoms with Crippen molar-refractivity contribution in [2.45, 2.75) is 39.7 Å². The largest absolute Gasteiger partial charge is 0.370 e. The summed E-state index contributed by atoms with van der Waals surface area (Å²) in [6.45, 7) is 10.1. The van der Waals surface area contributed by atoms with Crippen molar-refractivity contribution in [1.29, 1.82) is 0 Å². The molecule has 2 aromatic rings. The second kappa shape index (κ2) is 6.22. The van der Waals surface area contributed by atoms with Crippen LogP contribution < -0.4 is 10.6 Å². The van der Waals surface area contributed by atoms with Gasteiger partial charge in [-0.2, -0.15) is 0 Å². The van der Waals surface area contributed by atoms with Crippen molar-refractivity contribution in [1.82, 2.24) is 9.97 Å². The zero-order valence-corrected chi connectivity index (χ0v) is 13.3. The number of nitrogens with one attached hydrogen (secondary N) is 2. The Balaban J connectivity index is 2.20. The quantitative estimate of drug-likeness (QED) is 0.877. The summed E-state index contributed by atoms with van der Waals surface area (Å²) in [6.07, 6.45) is 0. The molecule has 0 amide bonds. The third-order valence-electron chi connectivity index (χ3n) is 2.78. The molecule has 4 nitrogen and oxygen atoms in total. The van der Waals surface area contributed by atoms with E-state index in [1.165, 1.54) is 4.88 Å². The van der Waals surface area contributed by atoms with Crippen LogP contribution in [0.2, 0.25) is 0 Å². The Morgan fingerprint density at radius 3 is 2.40 bits per heavy atom. The molecule has 2 N–H and O–H groups in total. The van der Waals surface area contributed by atoms with Gasteiger partial charge in [0, 0.05) is 22.9 Å². The van der Waals surface area contributed by atoms with Crippen LogP contribution in [0.15, 0.2) is 23.6 Å². The lowest BCUT2D eigenvalue weighted by Crippen LogP contribution is -2.18. The highest BCUT2D eigenvalue weighted by Crippen LogP contribution is 2.22. The van der Waals surface area contributed by atoms with Gasteiger partial charge in [-0.15, -0.1) is 11.3 Å². The number of hydrogen-bond acceptors (Lipinski definition) is 5. The zero-order chi connectivity index (χ0) is 14.6. The third kappa shape index (κ3) is 3.93. The molecular formula is C15H22N4S. The van der Waals surface area contributed by atoms with E-state index in [9.17, 15) is 0 Å². The first-order chi connectivity index (χ1) is 9.49. The summed E-state index contributed by atoms with van der Waals surface area (Å²) in [7, 11) is 0. The molecular weight excluding hydrogens is 268 g/mol. The predicted molar refractivity (Wildman–Crippen MR) is 86.5 cm³/mol. The molecule has 0 aromatic carbocycles. The Labute approximate surface area is 124 Å². The van der Waals surface area contributed by atoms with Crippen LogP contribution in [-0.4, -0.2) is 16.5 Å². The van der Waals surface area contributed by atoms with Crippen molar-refractivity contribution < 1.29 is 0 Å². The fourth-order valence-corrected chi connectivity index (χ4v) is 2.38. The Bertz CT molecular complexity index is 543. The predicted octanol–water partition coefficient (Wildman–Crippen LogP) is 3.88. The number of nitrogens with zero attached hydrogens (tertiary/aromatic N) is 2. The van der Waals surface area contributed by atoms with Crippen molar-refractivity contribution in [3.05, 3.63) is 34.3 Å². The molecule has 0 unspecified atom stereocenters. The number of anilines is 2. The monoisotopic (exact) mass is 290 g/mol. The van der Waals surface area contributed by atoms with E-state index in [1.54, 1.807) is 11.3 Å². The molecule has 0 aliphatic carbocycles. The van der Waals surface area contributed by atoms with Crippen molar-refractivity contribution in [2.75, 3.05) is 17.2 Å². The van der Waals surface area contributed by atoms with Crippen LogP contribution in [0, 0.1) is 0 Å². The summed E-state index contributed by atoms with van der Waals surface area (Å²) in [5, 5.41) is 8.73. The third-order valence-corrected chi connectivity index (χ3v) is 3.66. The normalized spacial score (nSPS) is 11.4. The van der Waals surface area contributed by atoms with Crippen LogP contribution in [0.3, 0.4) is 0 Å². The molecule has 2 heterocycles. The zero-order valence-electron chi connectivity index (χ0n) is 12.5. The summed E-state index contributed by atoms with van der Waals surface area (Å²) in [5.74, 6) is 2.60. The fourth-order valence-electron chi connectivity index (χ4n) is 1.74. The number of rotatable bonds is 5. The Kier molecular flexibility index (Phi) is 4.60. The van der Waals surface area contributed by atoms with Crippen molar-refractivity contribution >= 4 is 23.0 Å². The van der Waals surface area contributed by atoms with Gasteiger partial charge in [0.15, 0.2) is 0 Å². The molecule has 0 fully saturated rings. The van der Waals surface area contributed by atoms with E-state index in [0.29, 0.717) is 0 Å². The second-order valence-corrected chi connectivity index (χ2v) is 6.71. The molecule has 0 saturated heterocycles. The fraction of sp³-hybridized carbons (Fsp3) is 0.467. The van der Waals surface area contributed by atoms with Crippen LogP contribution >= 0.6 is 11.3 Å². The summed E-state index contributed by atoms with van der Waals surface area (Å²) in [4.78, 5) is 10.5. The molecule has 2 aromatic heterocycles. The molecule has 0 saturated carbocycles. The molecule has 108 valence electrons. The average molecular weight is 290 g/mol. The summed E-state index contributed by atoms with van der Waals surface area (Å²) in [5.41, 5.74) is -0.0647.